The number of benzene rings is 2. The molecule has 162 valence electrons. The molecule has 1 aliphatic rings. The van der Waals surface area contributed by atoms with E-state index in [1.54, 1.807) is 29.2 Å². The number of hydrogen-bond donors (Lipinski definition) is 3. The third kappa shape index (κ3) is 5.88. The maximum absolute atomic E-state index is 12.7. The number of rotatable bonds is 4. The Bertz CT molecular complexity index is 862. The van der Waals surface area contributed by atoms with Gasteiger partial charge in [0.05, 0.1) is 5.54 Å². The zero-order valence-corrected chi connectivity index (χ0v) is 18.7. The number of piperidine rings is 1. The van der Waals surface area contributed by atoms with Gasteiger partial charge in [-0.2, -0.15) is 0 Å². The van der Waals surface area contributed by atoms with Crippen LogP contribution in [0, 0.1) is 0 Å². The van der Waals surface area contributed by atoms with Crippen molar-refractivity contribution in [1.82, 2.24) is 4.90 Å². The summed E-state index contributed by atoms with van der Waals surface area (Å²) in [5, 5.41) is 6.36. The van der Waals surface area contributed by atoms with E-state index in [0.29, 0.717) is 42.6 Å². The van der Waals surface area contributed by atoms with Crippen LogP contribution in [0.5, 0.6) is 0 Å². The average Bonchev–Trinajstić information content (AvgIpc) is 2.70. The number of nitrogens with one attached hydrogen (secondary N) is 2. The summed E-state index contributed by atoms with van der Waals surface area (Å²) in [6.45, 7) is 5.07. The summed E-state index contributed by atoms with van der Waals surface area (Å²) in [5.74, 6) is 0.219. The van der Waals surface area contributed by atoms with Gasteiger partial charge >= 0.3 is 6.03 Å². The number of urea groups is 1. The SMILES string of the molecule is CC(C)c1ccc(NC(=O)C2(N)CCN(C(=O)Nc3ccc(Cl)cc3)CC2)cc1.Cl. The van der Waals surface area contributed by atoms with Gasteiger partial charge in [-0.15, -0.1) is 12.4 Å². The number of carbonyl (C=O) groups is 2. The van der Waals surface area contributed by atoms with Gasteiger partial charge in [-0.3, -0.25) is 4.79 Å². The first-order valence-corrected chi connectivity index (χ1v) is 10.2. The number of nitrogens with two attached hydrogens (primary N) is 1. The minimum Gasteiger partial charge on any atom is -0.324 e. The van der Waals surface area contributed by atoms with Gasteiger partial charge in [0, 0.05) is 29.5 Å². The van der Waals surface area contributed by atoms with Crippen molar-refractivity contribution in [3.63, 3.8) is 0 Å². The van der Waals surface area contributed by atoms with E-state index in [4.69, 9.17) is 17.3 Å². The number of likely N-dealkylation sites (tertiary alicyclic amines) is 1. The highest BCUT2D eigenvalue weighted by Gasteiger charge is 2.38. The van der Waals surface area contributed by atoms with Gasteiger partial charge < -0.3 is 21.3 Å². The van der Waals surface area contributed by atoms with Crippen LogP contribution in [0.4, 0.5) is 16.2 Å². The Kier molecular flexibility index (Phi) is 8.12. The lowest BCUT2D eigenvalue weighted by Crippen LogP contribution is -2.58. The standard InChI is InChI=1S/C22H27ClN4O2.ClH/c1-15(2)16-3-7-18(8-4-16)25-20(28)22(24)11-13-27(14-12-22)21(29)26-19-9-5-17(23)6-10-19;/h3-10,15H,11-14,24H2,1-2H3,(H,25,28)(H,26,29);1H. The van der Waals surface area contributed by atoms with Crippen LogP contribution in [0.15, 0.2) is 48.5 Å². The van der Waals surface area contributed by atoms with Crippen LogP contribution in [-0.4, -0.2) is 35.5 Å². The third-order valence-electron chi connectivity index (χ3n) is 5.33. The summed E-state index contributed by atoms with van der Waals surface area (Å²) in [6, 6.07) is 14.5. The van der Waals surface area contributed by atoms with Crippen LogP contribution >= 0.6 is 24.0 Å². The quantitative estimate of drug-likeness (QED) is 0.621. The molecule has 1 fully saturated rings. The number of nitrogens with zero attached hydrogens (tertiary/aromatic N) is 1. The van der Waals surface area contributed by atoms with E-state index in [-0.39, 0.29) is 24.3 Å². The molecule has 0 radical (unpaired) electrons. The molecule has 6 nitrogen and oxygen atoms in total. The van der Waals surface area contributed by atoms with Crippen molar-refractivity contribution in [2.45, 2.75) is 38.1 Å². The molecule has 8 heteroatoms. The molecule has 30 heavy (non-hydrogen) atoms. The first kappa shape index (κ1) is 24.0. The lowest BCUT2D eigenvalue weighted by atomic mass is 9.87. The van der Waals surface area contributed by atoms with Gasteiger partial charge in [0.25, 0.3) is 0 Å². The smallest absolute Gasteiger partial charge is 0.321 e. The highest BCUT2D eigenvalue weighted by atomic mass is 35.5. The van der Waals surface area contributed by atoms with Gasteiger partial charge in [-0.05, 0) is 60.7 Å². The lowest BCUT2D eigenvalue weighted by molar-refractivity contribution is -0.122. The van der Waals surface area contributed by atoms with E-state index in [9.17, 15) is 9.59 Å². The Hall–Kier alpha value is -2.28. The Balaban J connectivity index is 0.00000320. The van der Waals surface area contributed by atoms with Gasteiger partial charge in [-0.25, -0.2) is 4.79 Å². The molecule has 1 saturated heterocycles. The van der Waals surface area contributed by atoms with Crippen molar-refractivity contribution >= 4 is 47.3 Å². The van der Waals surface area contributed by atoms with Gasteiger partial charge in [-0.1, -0.05) is 37.6 Å². The molecule has 0 saturated carbocycles. The molecule has 3 amide bonds. The topological polar surface area (TPSA) is 87.5 Å². The van der Waals surface area contributed by atoms with Crippen molar-refractivity contribution in [2.75, 3.05) is 23.7 Å². The molecule has 0 atom stereocenters. The van der Waals surface area contributed by atoms with Crippen LogP contribution in [0.3, 0.4) is 0 Å². The fourth-order valence-corrected chi connectivity index (χ4v) is 3.40. The van der Waals surface area contributed by atoms with E-state index < -0.39 is 5.54 Å². The van der Waals surface area contributed by atoms with Crippen LogP contribution < -0.4 is 16.4 Å². The van der Waals surface area contributed by atoms with E-state index >= 15 is 0 Å². The molecule has 4 N–H and O–H groups in total. The normalized spacial score (nSPS) is 15.3. The lowest BCUT2D eigenvalue weighted by Gasteiger charge is -2.37. The number of halogens is 2. The average molecular weight is 451 g/mol. The van der Waals surface area contributed by atoms with Crippen LogP contribution in [-0.2, 0) is 4.79 Å². The largest absolute Gasteiger partial charge is 0.324 e. The fraction of sp³-hybridized carbons (Fsp3) is 0.364. The Labute approximate surface area is 188 Å². The second-order valence-electron chi connectivity index (χ2n) is 7.81. The molecule has 2 aromatic rings. The van der Waals surface area contributed by atoms with E-state index in [2.05, 4.69) is 24.5 Å². The van der Waals surface area contributed by atoms with Gasteiger partial charge in [0.1, 0.15) is 0 Å². The maximum Gasteiger partial charge on any atom is 0.321 e. The summed E-state index contributed by atoms with van der Waals surface area (Å²) in [4.78, 5) is 26.9. The van der Waals surface area contributed by atoms with Crippen molar-refractivity contribution in [2.24, 2.45) is 5.73 Å². The van der Waals surface area contributed by atoms with Crippen molar-refractivity contribution in [3.8, 4) is 0 Å². The highest BCUT2D eigenvalue weighted by molar-refractivity contribution is 6.30. The predicted molar refractivity (Wildman–Crippen MR) is 125 cm³/mol. The van der Waals surface area contributed by atoms with E-state index in [1.165, 1.54) is 5.56 Å². The monoisotopic (exact) mass is 450 g/mol. The molecule has 3 rings (SSSR count). The zero-order chi connectivity index (χ0) is 21.0. The predicted octanol–water partition coefficient (Wildman–Crippen LogP) is 4.85. The summed E-state index contributed by atoms with van der Waals surface area (Å²) >= 11 is 5.86. The summed E-state index contributed by atoms with van der Waals surface area (Å²) in [7, 11) is 0. The van der Waals surface area contributed by atoms with Crippen LogP contribution in [0.2, 0.25) is 5.02 Å². The van der Waals surface area contributed by atoms with Crippen LogP contribution in [0.1, 0.15) is 38.2 Å². The number of amides is 3. The Morgan fingerprint density at radius 1 is 0.967 bits per heavy atom. The first-order valence-electron chi connectivity index (χ1n) is 9.79. The molecule has 0 bridgehead atoms. The second-order valence-corrected chi connectivity index (χ2v) is 8.25. The summed E-state index contributed by atoms with van der Waals surface area (Å²) in [5.41, 5.74) is 8.00. The highest BCUT2D eigenvalue weighted by Crippen LogP contribution is 2.24. The molecule has 1 heterocycles. The van der Waals surface area contributed by atoms with Crippen LogP contribution in [0.25, 0.3) is 0 Å². The molecule has 0 unspecified atom stereocenters. The Morgan fingerprint density at radius 3 is 2.00 bits per heavy atom. The molecule has 0 aromatic heterocycles. The second kappa shape index (κ2) is 10.2. The number of anilines is 2. The third-order valence-corrected chi connectivity index (χ3v) is 5.58. The van der Waals surface area contributed by atoms with Crippen molar-refractivity contribution in [3.05, 3.63) is 59.1 Å². The molecule has 0 aliphatic carbocycles. The minimum absolute atomic E-state index is 0. The fourth-order valence-electron chi connectivity index (χ4n) is 3.28. The van der Waals surface area contributed by atoms with E-state index in [1.807, 2.05) is 24.3 Å². The van der Waals surface area contributed by atoms with Crippen molar-refractivity contribution < 1.29 is 9.59 Å². The molecule has 0 spiro atoms. The minimum atomic E-state index is -0.992. The molecule has 1 aliphatic heterocycles. The summed E-state index contributed by atoms with van der Waals surface area (Å²) < 4.78 is 0. The number of hydrogen-bond acceptors (Lipinski definition) is 3. The molecular formula is C22H28Cl2N4O2. The Morgan fingerprint density at radius 2 is 1.47 bits per heavy atom. The molecule has 2 aromatic carbocycles. The summed E-state index contributed by atoms with van der Waals surface area (Å²) in [6.07, 6.45) is 0.800. The number of carbonyl (C=O) groups excluding carboxylic acids is 2. The zero-order valence-electron chi connectivity index (χ0n) is 17.2. The van der Waals surface area contributed by atoms with Gasteiger partial charge in [0.15, 0.2) is 0 Å². The van der Waals surface area contributed by atoms with Crippen molar-refractivity contribution in [1.29, 1.82) is 0 Å². The van der Waals surface area contributed by atoms with Gasteiger partial charge in [0.2, 0.25) is 5.91 Å². The first-order chi connectivity index (χ1) is 13.8. The maximum atomic E-state index is 12.7. The molecular weight excluding hydrogens is 423 g/mol. The van der Waals surface area contributed by atoms with E-state index in [0.717, 1.165) is 5.69 Å².